The normalized spacial score (nSPS) is 11.8. The van der Waals surface area contributed by atoms with Gasteiger partial charge in [-0.1, -0.05) is 88.4 Å². The first-order chi connectivity index (χ1) is 16.6. The van der Waals surface area contributed by atoms with E-state index in [0.717, 1.165) is 15.6 Å². The Bertz CT molecular complexity index is 858. The van der Waals surface area contributed by atoms with Gasteiger partial charge in [-0.2, -0.15) is 0 Å². The van der Waals surface area contributed by atoms with E-state index in [4.69, 9.17) is 26.6 Å². The molecule has 0 amide bonds. The molecule has 0 unspecified atom stereocenters. The number of hydrogen-bond donors (Lipinski definition) is 0. The average Bonchev–Trinajstić information content (AvgIpc) is 2.89. The highest BCUT2D eigenvalue weighted by Crippen LogP contribution is 1.98. The summed E-state index contributed by atoms with van der Waals surface area (Å²) >= 11 is 0. The minimum atomic E-state index is -1.45. The molecule has 4 radical (unpaired) electrons. The fraction of sp³-hybridized carbons (Fsp3) is 0.250. The van der Waals surface area contributed by atoms with Crippen molar-refractivity contribution in [3.63, 3.8) is 0 Å². The molecule has 0 saturated carbocycles. The molecule has 0 atom stereocenters. The first-order valence-electron chi connectivity index (χ1n) is 10.6. The molecule has 0 aliphatic rings. The summed E-state index contributed by atoms with van der Waals surface area (Å²) in [5.74, 6) is 0. The molecule has 0 spiro atoms. The van der Waals surface area contributed by atoms with Crippen molar-refractivity contribution in [1.29, 1.82) is 0 Å². The van der Waals surface area contributed by atoms with Crippen LogP contribution in [-0.2, 0) is 26.6 Å². The molecular weight excluding hydrogens is 497 g/mol. The summed E-state index contributed by atoms with van der Waals surface area (Å²) < 4.78 is 33.1. The third-order valence-corrected chi connectivity index (χ3v) is 12.7. The Morgan fingerprint density at radius 2 is 0.500 bits per heavy atom. The highest BCUT2D eigenvalue weighted by molar-refractivity contribution is 6.95. The van der Waals surface area contributed by atoms with Crippen molar-refractivity contribution in [3.8, 4) is 0 Å². The van der Waals surface area contributed by atoms with Crippen molar-refractivity contribution < 1.29 is 26.6 Å². The quantitative estimate of drug-likeness (QED) is 0.227. The predicted molar refractivity (Wildman–Crippen MR) is 142 cm³/mol. The molecule has 178 valence electrons. The summed E-state index contributed by atoms with van der Waals surface area (Å²) in [7, 11) is 4.54. The first-order valence-corrected chi connectivity index (χ1v) is 16.1. The second kappa shape index (κ2) is 13.4. The zero-order valence-corrected chi connectivity index (χ0v) is 24.4. The smallest absolute Gasteiger partial charge is 0.393 e. The molecule has 3 aromatic carbocycles. The van der Waals surface area contributed by atoms with Crippen LogP contribution < -0.4 is 31.1 Å². The molecule has 0 bridgehead atoms. The minimum absolute atomic E-state index is 1.09. The first kappa shape index (κ1) is 26.9. The van der Waals surface area contributed by atoms with E-state index in [-0.39, 0.29) is 0 Å². The van der Waals surface area contributed by atoms with E-state index in [1.54, 1.807) is 42.7 Å². The van der Waals surface area contributed by atoms with Crippen LogP contribution in [0.5, 0.6) is 0 Å². The summed E-state index contributed by atoms with van der Waals surface area (Å²) in [6.45, 7) is 0. The van der Waals surface area contributed by atoms with Crippen LogP contribution in [0, 0.1) is 0 Å². The zero-order chi connectivity index (χ0) is 24.5. The van der Waals surface area contributed by atoms with E-state index >= 15 is 0 Å². The van der Waals surface area contributed by atoms with Gasteiger partial charge in [0.2, 0.25) is 0 Å². The van der Waals surface area contributed by atoms with Gasteiger partial charge in [-0.05, 0) is 15.6 Å². The molecule has 0 aliphatic heterocycles. The highest BCUT2D eigenvalue weighted by atomic mass is 28.3. The predicted octanol–water partition coefficient (Wildman–Crippen LogP) is -0.833. The van der Waals surface area contributed by atoms with Gasteiger partial charge in [-0.25, -0.2) is 0 Å². The Kier molecular flexibility index (Phi) is 10.6. The fourth-order valence-electron chi connectivity index (χ4n) is 3.78. The van der Waals surface area contributed by atoms with Crippen LogP contribution in [0.2, 0.25) is 0 Å². The van der Waals surface area contributed by atoms with Crippen LogP contribution in [-0.4, -0.2) is 79.3 Å². The molecule has 3 rings (SSSR count). The molecule has 0 saturated heterocycles. The van der Waals surface area contributed by atoms with Gasteiger partial charge in [0, 0.05) is 42.7 Å². The van der Waals surface area contributed by atoms with E-state index in [0.29, 0.717) is 0 Å². The Balaban J connectivity index is 2.01. The summed E-state index contributed by atoms with van der Waals surface area (Å²) in [5.41, 5.74) is 0. The molecular formula is C24H30O6Si4. The number of benzene rings is 3. The lowest BCUT2D eigenvalue weighted by molar-refractivity contribution is 0.291. The lowest BCUT2D eigenvalue weighted by atomic mass is 10.3. The third-order valence-electron chi connectivity index (χ3n) is 5.34. The maximum Gasteiger partial charge on any atom is 0.423 e. The van der Waals surface area contributed by atoms with Crippen LogP contribution in [0.3, 0.4) is 0 Å². The standard InChI is InChI=1S/C24H30O6Si4/c1-25-32(26-2)22-13-7-19(8-14-22)31(20-9-15-23(16-10-20)33(27-3)28-4)21-11-17-24(18-12-21)34(29-5)30-6/h7-18H,1-6H3. The average molecular weight is 527 g/mol. The van der Waals surface area contributed by atoms with E-state index in [9.17, 15) is 0 Å². The molecule has 0 aliphatic carbocycles. The molecule has 0 N–H and O–H groups in total. The molecule has 10 heteroatoms. The second-order valence-electron chi connectivity index (χ2n) is 7.19. The van der Waals surface area contributed by atoms with Gasteiger partial charge in [0.05, 0.1) is 0 Å². The molecule has 0 aromatic heterocycles. The number of rotatable bonds is 12. The van der Waals surface area contributed by atoms with Gasteiger partial charge >= 0.3 is 27.9 Å². The molecule has 0 heterocycles. The van der Waals surface area contributed by atoms with Crippen molar-refractivity contribution in [3.05, 3.63) is 72.8 Å². The van der Waals surface area contributed by atoms with Crippen LogP contribution in [0.4, 0.5) is 0 Å². The van der Waals surface area contributed by atoms with Gasteiger partial charge < -0.3 is 26.6 Å². The number of hydrogen-bond acceptors (Lipinski definition) is 6. The second-order valence-corrected chi connectivity index (χ2v) is 15.6. The van der Waals surface area contributed by atoms with Crippen molar-refractivity contribution >= 4 is 67.8 Å². The van der Waals surface area contributed by atoms with Crippen molar-refractivity contribution in [2.45, 2.75) is 0 Å². The van der Waals surface area contributed by atoms with Crippen molar-refractivity contribution in [2.24, 2.45) is 0 Å². The van der Waals surface area contributed by atoms with Gasteiger partial charge in [0.25, 0.3) is 0 Å². The Labute approximate surface area is 209 Å². The van der Waals surface area contributed by atoms with Crippen LogP contribution in [0.1, 0.15) is 0 Å². The minimum Gasteiger partial charge on any atom is -0.393 e. The lowest BCUT2D eigenvalue weighted by Gasteiger charge is -2.19. The molecule has 34 heavy (non-hydrogen) atoms. The van der Waals surface area contributed by atoms with E-state index < -0.39 is 36.6 Å². The summed E-state index contributed by atoms with van der Waals surface area (Å²) in [6, 6.07) is 25.9. The largest absolute Gasteiger partial charge is 0.423 e. The monoisotopic (exact) mass is 526 g/mol. The maximum atomic E-state index is 5.51. The summed E-state index contributed by atoms with van der Waals surface area (Å²) in [5, 5.41) is 7.13. The zero-order valence-electron chi connectivity index (χ0n) is 20.4. The maximum absolute atomic E-state index is 5.51. The SMILES string of the molecule is CO[Si](OC)c1ccc([Si](c2ccc([Si](OC)OC)cc2)c2ccc([Si](OC)OC)cc2)cc1. The van der Waals surface area contributed by atoms with Gasteiger partial charge in [-0.15, -0.1) is 0 Å². The van der Waals surface area contributed by atoms with Crippen LogP contribution in [0.15, 0.2) is 72.8 Å². The van der Waals surface area contributed by atoms with E-state index in [2.05, 4.69) is 72.8 Å². The lowest BCUT2D eigenvalue weighted by Crippen LogP contribution is -2.53. The van der Waals surface area contributed by atoms with E-state index in [1.807, 2.05) is 0 Å². The fourth-order valence-corrected chi connectivity index (χ4v) is 9.51. The Hall–Kier alpha value is -1.71. The molecule has 3 aromatic rings. The van der Waals surface area contributed by atoms with Gasteiger partial charge in [0.1, 0.15) is 0 Å². The third kappa shape index (κ3) is 6.29. The molecule has 6 nitrogen and oxygen atoms in total. The highest BCUT2D eigenvalue weighted by Gasteiger charge is 2.24. The Morgan fingerprint density at radius 1 is 0.324 bits per heavy atom. The van der Waals surface area contributed by atoms with Gasteiger partial charge in [0.15, 0.2) is 8.80 Å². The molecule has 0 fully saturated rings. The van der Waals surface area contributed by atoms with E-state index in [1.165, 1.54) is 15.6 Å². The van der Waals surface area contributed by atoms with Crippen LogP contribution >= 0.6 is 0 Å². The van der Waals surface area contributed by atoms with Crippen molar-refractivity contribution in [1.82, 2.24) is 0 Å². The van der Waals surface area contributed by atoms with Crippen molar-refractivity contribution in [2.75, 3.05) is 42.7 Å². The topological polar surface area (TPSA) is 55.4 Å². The Morgan fingerprint density at radius 3 is 0.676 bits per heavy atom. The van der Waals surface area contributed by atoms with Gasteiger partial charge in [-0.3, -0.25) is 0 Å². The summed E-state index contributed by atoms with van der Waals surface area (Å²) in [4.78, 5) is 0. The van der Waals surface area contributed by atoms with Crippen LogP contribution in [0.25, 0.3) is 0 Å². The summed E-state index contributed by atoms with van der Waals surface area (Å²) in [6.07, 6.45) is 0.